The van der Waals surface area contributed by atoms with E-state index in [0.717, 1.165) is 10.9 Å². The van der Waals surface area contributed by atoms with Crippen molar-refractivity contribution in [2.45, 2.75) is 26.0 Å². The van der Waals surface area contributed by atoms with E-state index in [1.54, 1.807) is 18.3 Å². The van der Waals surface area contributed by atoms with Gasteiger partial charge in [0, 0.05) is 28.2 Å². The molecule has 0 aliphatic carbocycles. The quantitative estimate of drug-likeness (QED) is 0.896. The van der Waals surface area contributed by atoms with Crippen LogP contribution < -0.4 is 5.73 Å². The molecule has 2 atom stereocenters. The van der Waals surface area contributed by atoms with Gasteiger partial charge in [-0.2, -0.15) is 0 Å². The molecule has 0 aliphatic heterocycles. The van der Waals surface area contributed by atoms with Gasteiger partial charge in [0.05, 0.1) is 11.6 Å². The van der Waals surface area contributed by atoms with E-state index in [-0.39, 0.29) is 12.0 Å². The normalized spacial score (nSPS) is 15.0. The van der Waals surface area contributed by atoms with Gasteiger partial charge in [-0.25, -0.2) is 0 Å². The standard InChI is InChI=1S/C14H17ClN2O/c1-8(2)12(16)14(18)10-5-6-11(15)9-4-3-7-17-13(9)10/h3-8,12,14,18H,16H2,1-2H3. The fourth-order valence-electron chi connectivity index (χ4n) is 1.97. The molecule has 3 nitrogen and oxygen atoms in total. The second kappa shape index (κ2) is 5.22. The smallest absolute Gasteiger partial charge is 0.0964 e. The number of hydrogen-bond donors (Lipinski definition) is 2. The first kappa shape index (κ1) is 13.3. The lowest BCUT2D eigenvalue weighted by Crippen LogP contribution is -2.33. The zero-order chi connectivity index (χ0) is 13.3. The summed E-state index contributed by atoms with van der Waals surface area (Å²) in [5.41, 5.74) is 7.46. The maximum absolute atomic E-state index is 10.3. The molecule has 0 aliphatic rings. The van der Waals surface area contributed by atoms with Crippen molar-refractivity contribution < 1.29 is 5.11 Å². The molecule has 0 fully saturated rings. The van der Waals surface area contributed by atoms with Gasteiger partial charge < -0.3 is 10.8 Å². The van der Waals surface area contributed by atoms with Crippen molar-refractivity contribution >= 4 is 22.5 Å². The fraction of sp³-hybridized carbons (Fsp3) is 0.357. The highest BCUT2D eigenvalue weighted by Gasteiger charge is 2.22. The van der Waals surface area contributed by atoms with Crippen LogP contribution in [0, 0.1) is 5.92 Å². The summed E-state index contributed by atoms with van der Waals surface area (Å²) >= 11 is 6.12. The van der Waals surface area contributed by atoms with Crippen molar-refractivity contribution in [3.05, 3.63) is 41.0 Å². The van der Waals surface area contributed by atoms with E-state index < -0.39 is 6.10 Å². The molecule has 1 heterocycles. The highest BCUT2D eigenvalue weighted by Crippen LogP contribution is 2.30. The molecule has 3 N–H and O–H groups in total. The first-order valence-corrected chi connectivity index (χ1v) is 6.37. The number of fused-ring (bicyclic) bond motifs is 1. The van der Waals surface area contributed by atoms with Crippen LogP contribution in [0.5, 0.6) is 0 Å². The van der Waals surface area contributed by atoms with E-state index in [9.17, 15) is 5.11 Å². The lowest BCUT2D eigenvalue weighted by molar-refractivity contribution is 0.127. The van der Waals surface area contributed by atoms with Crippen molar-refractivity contribution in [2.24, 2.45) is 11.7 Å². The third kappa shape index (κ3) is 2.34. The second-order valence-electron chi connectivity index (χ2n) is 4.80. The summed E-state index contributed by atoms with van der Waals surface area (Å²) < 4.78 is 0. The van der Waals surface area contributed by atoms with Crippen molar-refractivity contribution in [1.29, 1.82) is 0 Å². The maximum atomic E-state index is 10.3. The van der Waals surface area contributed by atoms with Crippen LogP contribution >= 0.6 is 11.6 Å². The van der Waals surface area contributed by atoms with E-state index in [2.05, 4.69) is 4.98 Å². The van der Waals surface area contributed by atoms with Crippen LogP contribution in [-0.2, 0) is 0 Å². The van der Waals surface area contributed by atoms with Gasteiger partial charge >= 0.3 is 0 Å². The van der Waals surface area contributed by atoms with Crippen LogP contribution in [0.1, 0.15) is 25.5 Å². The molecule has 0 saturated heterocycles. The van der Waals surface area contributed by atoms with E-state index in [1.165, 1.54) is 0 Å². The largest absolute Gasteiger partial charge is 0.387 e. The molecule has 1 aromatic heterocycles. The van der Waals surface area contributed by atoms with Crippen LogP contribution in [0.2, 0.25) is 5.02 Å². The first-order chi connectivity index (χ1) is 8.52. The first-order valence-electron chi connectivity index (χ1n) is 5.99. The third-order valence-electron chi connectivity index (χ3n) is 3.20. The minimum atomic E-state index is -0.736. The zero-order valence-corrected chi connectivity index (χ0v) is 11.2. The monoisotopic (exact) mass is 264 g/mol. The van der Waals surface area contributed by atoms with Gasteiger partial charge in [-0.1, -0.05) is 31.5 Å². The molecule has 18 heavy (non-hydrogen) atoms. The Morgan fingerprint density at radius 2 is 2.00 bits per heavy atom. The fourth-order valence-corrected chi connectivity index (χ4v) is 2.19. The number of rotatable bonds is 3. The number of aromatic nitrogens is 1. The molecule has 0 saturated carbocycles. The Morgan fingerprint density at radius 1 is 1.28 bits per heavy atom. The molecule has 0 spiro atoms. The van der Waals surface area contributed by atoms with Gasteiger partial charge in [-0.05, 0) is 24.1 Å². The molecule has 96 valence electrons. The Kier molecular flexibility index (Phi) is 3.85. The van der Waals surface area contributed by atoms with Gasteiger partial charge in [0.1, 0.15) is 0 Å². The second-order valence-corrected chi connectivity index (χ2v) is 5.21. The van der Waals surface area contributed by atoms with Crippen LogP contribution in [0.25, 0.3) is 10.9 Å². The zero-order valence-electron chi connectivity index (χ0n) is 10.5. The third-order valence-corrected chi connectivity index (χ3v) is 3.53. The summed E-state index contributed by atoms with van der Waals surface area (Å²) in [6.45, 7) is 3.97. The molecular weight excluding hydrogens is 248 g/mol. The lowest BCUT2D eigenvalue weighted by Gasteiger charge is -2.23. The Morgan fingerprint density at radius 3 is 2.67 bits per heavy atom. The highest BCUT2D eigenvalue weighted by atomic mass is 35.5. The molecule has 4 heteroatoms. The van der Waals surface area contributed by atoms with Crippen molar-refractivity contribution in [3.63, 3.8) is 0 Å². The predicted molar refractivity (Wildman–Crippen MR) is 74.5 cm³/mol. The minimum Gasteiger partial charge on any atom is -0.387 e. The van der Waals surface area contributed by atoms with Crippen molar-refractivity contribution in [2.75, 3.05) is 0 Å². The summed E-state index contributed by atoms with van der Waals surface area (Å²) in [7, 11) is 0. The van der Waals surface area contributed by atoms with E-state index in [1.807, 2.05) is 26.0 Å². The minimum absolute atomic E-state index is 0.189. The van der Waals surface area contributed by atoms with Crippen LogP contribution in [0.3, 0.4) is 0 Å². The molecule has 1 aromatic carbocycles. The van der Waals surface area contributed by atoms with E-state index in [4.69, 9.17) is 17.3 Å². The van der Waals surface area contributed by atoms with Gasteiger partial charge in [0.15, 0.2) is 0 Å². The molecular formula is C14H17ClN2O. The summed E-state index contributed by atoms with van der Waals surface area (Å²) in [6, 6.07) is 6.97. The number of nitrogens with two attached hydrogens (primary N) is 1. The highest BCUT2D eigenvalue weighted by molar-refractivity contribution is 6.35. The summed E-state index contributed by atoms with van der Waals surface area (Å²) in [4.78, 5) is 4.30. The number of nitrogens with zero attached hydrogens (tertiary/aromatic N) is 1. The SMILES string of the molecule is CC(C)C(N)C(O)c1ccc(Cl)c2cccnc12. The van der Waals surface area contributed by atoms with Crippen LogP contribution in [0.4, 0.5) is 0 Å². The summed E-state index contributed by atoms with van der Waals surface area (Å²) in [5.74, 6) is 0.189. The molecule has 2 unspecified atom stereocenters. The number of aliphatic hydroxyl groups excluding tert-OH is 1. The Balaban J connectivity index is 2.55. The lowest BCUT2D eigenvalue weighted by atomic mass is 9.93. The van der Waals surface area contributed by atoms with Crippen molar-refractivity contribution in [1.82, 2.24) is 4.98 Å². The maximum Gasteiger partial charge on any atom is 0.0964 e. The van der Waals surface area contributed by atoms with Gasteiger partial charge in [-0.15, -0.1) is 0 Å². The molecule has 0 radical (unpaired) electrons. The summed E-state index contributed by atoms with van der Waals surface area (Å²) in [6.07, 6.45) is 0.954. The number of pyridine rings is 1. The number of aliphatic hydroxyl groups is 1. The van der Waals surface area contributed by atoms with E-state index in [0.29, 0.717) is 10.5 Å². The van der Waals surface area contributed by atoms with E-state index >= 15 is 0 Å². The predicted octanol–water partition coefficient (Wildman–Crippen LogP) is 2.90. The number of halogens is 1. The molecule has 2 aromatic rings. The molecule has 0 amide bonds. The average Bonchev–Trinajstić information content (AvgIpc) is 2.38. The van der Waals surface area contributed by atoms with Crippen LogP contribution in [0.15, 0.2) is 30.5 Å². The Labute approximate surface area is 112 Å². The average molecular weight is 265 g/mol. The number of benzene rings is 1. The Bertz CT molecular complexity index is 556. The Hall–Kier alpha value is -1.16. The van der Waals surface area contributed by atoms with Crippen LogP contribution in [-0.4, -0.2) is 16.1 Å². The molecule has 0 bridgehead atoms. The number of hydrogen-bond acceptors (Lipinski definition) is 3. The van der Waals surface area contributed by atoms with Gasteiger partial charge in [-0.3, -0.25) is 4.98 Å². The van der Waals surface area contributed by atoms with Gasteiger partial charge in [0.25, 0.3) is 0 Å². The van der Waals surface area contributed by atoms with Gasteiger partial charge in [0.2, 0.25) is 0 Å². The topological polar surface area (TPSA) is 59.1 Å². The summed E-state index contributed by atoms with van der Waals surface area (Å²) in [5, 5.41) is 11.8. The molecule has 2 rings (SSSR count). The van der Waals surface area contributed by atoms with Crippen molar-refractivity contribution in [3.8, 4) is 0 Å².